The Hall–Kier alpha value is -1.07. The van der Waals surface area contributed by atoms with Gasteiger partial charge in [0.2, 0.25) is 0 Å². The number of carbonyl (C=O) groups excluding carboxylic acids is 1. The van der Waals surface area contributed by atoms with Gasteiger partial charge in [0.05, 0.1) is 0 Å². The largest absolute Gasteiger partial charge is 0.398 e. The van der Waals surface area contributed by atoms with Gasteiger partial charge in [0, 0.05) is 34.9 Å². The number of nitrogens with two attached hydrogens (primary N) is 1. The molecule has 1 fully saturated rings. The lowest BCUT2D eigenvalue weighted by Gasteiger charge is -2.21. The molecule has 2 N–H and O–H groups in total. The molecule has 0 radical (unpaired) electrons. The molecule has 5 heteroatoms. The van der Waals surface area contributed by atoms with Crippen LogP contribution in [0.4, 0.5) is 5.69 Å². The molecule has 1 heterocycles. The highest BCUT2D eigenvalue weighted by molar-refractivity contribution is 9.10. The Balaban J connectivity index is 2.22. The van der Waals surface area contributed by atoms with Crippen molar-refractivity contribution in [2.45, 2.75) is 19.4 Å². The number of rotatable bonds is 2. The van der Waals surface area contributed by atoms with Crippen LogP contribution in [0.15, 0.2) is 16.6 Å². The number of likely N-dealkylation sites (tertiary alicyclic amines) is 1. The van der Waals surface area contributed by atoms with Crippen LogP contribution in [0.5, 0.6) is 0 Å². The predicted molar refractivity (Wildman–Crippen MR) is 81.3 cm³/mol. The molecule has 0 spiro atoms. The van der Waals surface area contributed by atoms with Crippen molar-refractivity contribution < 1.29 is 4.79 Å². The summed E-state index contributed by atoms with van der Waals surface area (Å²) in [5.74, 6) is 0.0786. The minimum Gasteiger partial charge on any atom is -0.398 e. The van der Waals surface area contributed by atoms with Crippen LogP contribution in [0.25, 0.3) is 0 Å². The number of amides is 1. The summed E-state index contributed by atoms with van der Waals surface area (Å²) in [7, 11) is 4.11. The second-order valence-corrected chi connectivity index (χ2v) is 6.24. The number of benzene rings is 1. The van der Waals surface area contributed by atoms with Crippen molar-refractivity contribution in [1.82, 2.24) is 9.80 Å². The number of hydrogen-bond acceptors (Lipinski definition) is 3. The van der Waals surface area contributed by atoms with E-state index in [4.69, 9.17) is 5.73 Å². The fraction of sp³-hybridized carbons (Fsp3) is 0.500. The molecular weight excluding hydrogens is 306 g/mol. The lowest BCUT2D eigenvalue weighted by Crippen LogP contribution is -2.34. The van der Waals surface area contributed by atoms with Gasteiger partial charge in [-0.1, -0.05) is 15.9 Å². The molecular formula is C14H20BrN3O. The van der Waals surface area contributed by atoms with Gasteiger partial charge in [-0.25, -0.2) is 0 Å². The molecule has 1 atom stereocenters. The van der Waals surface area contributed by atoms with E-state index in [0.29, 0.717) is 17.3 Å². The smallest absolute Gasteiger partial charge is 0.254 e. The van der Waals surface area contributed by atoms with Gasteiger partial charge in [-0.05, 0) is 45.1 Å². The quantitative estimate of drug-likeness (QED) is 0.847. The van der Waals surface area contributed by atoms with Gasteiger partial charge in [-0.2, -0.15) is 0 Å². The van der Waals surface area contributed by atoms with Crippen molar-refractivity contribution in [3.8, 4) is 0 Å². The van der Waals surface area contributed by atoms with E-state index < -0.39 is 0 Å². The third-order valence-electron chi connectivity index (χ3n) is 3.82. The summed E-state index contributed by atoms with van der Waals surface area (Å²) >= 11 is 3.40. The van der Waals surface area contributed by atoms with Gasteiger partial charge in [0.1, 0.15) is 0 Å². The van der Waals surface area contributed by atoms with Crippen molar-refractivity contribution >= 4 is 27.5 Å². The van der Waals surface area contributed by atoms with E-state index in [1.54, 1.807) is 0 Å². The zero-order valence-corrected chi connectivity index (χ0v) is 13.2. The van der Waals surface area contributed by atoms with Gasteiger partial charge < -0.3 is 15.5 Å². The molecule has 4 nitrogen and oxygen atoms in total. The lowest BCUT2D eigenvalue weighted by atomic mass is 10.1. The second kappa shape index (κ2) is 5.51. The molecule has 19 heavy (non-hydrogen) atoms. The van der Waals surface area contributed by atoms with E-state index >= 15 is 0 Å². The molecule has 104 valence electrons. The maximum absolute atomic E-state index is 12.6. The lowest BCUT2D eigenvalue weighted by molar-refractivity contribution is 0.0782. The van der Waals surface area contributed by atoms with E-state index in [1.807, 2.05) is 24.0 Å². The molecule has 2 rings (SSSR count). The minimum absolute atomic E-state index is 0.0786. The standard InChI is InChI=1S/C14H20BrN3O/c1-9-12(6-10(15)7-13(9)16)14(19)18-5-4-11(8-18)17(2)3/h6-7,11H,4-5,8,16H2,1-3H3. The first-order valence-corrected chi connectivity index (χ1v) is 7.20. The highest BCUT2D eigenvalue weighted by Crippen LogP contribution is 2.25. The van der Waals surface area contributed by atoms with Crippen LogP contribution >= 0.6 is 15.9 Å². The van der Waals surface area contributed by atoms with E-state index in [9.17, 15) is 4.79 Å². The molecule has 0 aromatic heterocycles. The Morgan fingerprint density at radius 3 is 2.74 bits per heavy atom. The molecule has 1 aliphatic heterocycles. The van der Waals surface area contributed by atoms with Crippen LogP contribution in [0.2, 0.25) is 0 Å². The van der Waals surface area contributed by atoms with Crippen molar-refractivity contribution in [2.24, 2.45) is 0 Å². The third-order valence-corrected chi connectivity index (χ3v) is 4.28. The molecule has 1 aliphatic rings. The number of anilines is 1. The fourth-order valence-electron chi connectivity index (χ4n) is 2.44. The first-order valence-electron chi connectivity index (χ1n) is 6.41. The second-order valence-electron chi connectivity index (χ2n) is 5.32. The monoisotopic (exact) mass is 325 g/mol. The minimum atomic E-state index is 0.0786. The number of likely N-dealkylation sites (N-methyl/N-ethyl adjacent to an activating group) is 1. The molecule has 1 unspecified atom stereocenters. The highest BCUT2D eigenvalue weighted by Gasteiger charge is 2.29. The van der Waals surface area contributed by atoms with Crippen LogP contribution in [0.3, 0.4) is 0 Å². The topological polar surface area (TPSA) is 49.6 Å². The summed E-state index contributed by atoms with van der Waals surface area (Å²) in [4.78, 5) is 16.7. The van der Waals surface area contributed by atoms with Crippen molar-refractivity contribution in [1.29, 1.82) is 0 Å². The van der Waals surface area contributed by atoms with Crippen LogP contribution in [-0.2, 0) is 0 Å². The maximum atomic E-state index is 12.6. The van der Waals surface area contributed by atoms with Crippen LogP contribution in [0, 0.1) is 6.92 Å². The number of nitrogen functional groups attached to an aromatic ring is 1. The number of nitrogens with zero attached hydrogens (tertiary/aromatic N) is 2. The molecule has 0 bridgehead atoms. The van der Waals surface area contributed by atoms with Crippen molar-refractivity contribution in [3.63, 3.8) is 0 Å². The van der Waals surface area contributed by atoms with E-state index in [-0.39, 0.29) is 5.91 Å². The zero-order valence-electron chi connectivity index (χ0n) is 11.6. The SMILES string of the molecule is Cc1c(N)cc(Br)cc1C(=O)N1CCC(N(C)C)C1. The summed E-state index contributed by atoms with van der Waals surface area (Å²) in [6.07, 6.45) is 1.03. The third kappa shape index (κ3) is 2.92. The van der Waals surface area contributed by atoms with Crippen molar-refractivity contribution in [2.75, 3.05) is 32.9 Å². The summed E-state index contributed by atoms with van der Waals surface area (Å²) in [5.41, 5.74) is 8.14. The van der Waals surface area contributed by atoms with Gasteiger partial charge in [0.25, 0.3) is 5.91 Å². The average molecular weight is 326 g/mol. The summed E-state index contributed by atoms with van der Waals surface area (Å²) in [5, 5.41) is 0. The van der Waals surface area contributed by atoms with Gasteiger partial charge in [-0.3, -0.25) is 4.79 Å². The normalized spacial score (nSPS) is 19.2. The molecule has 0 aliphatic carbocycles. The first kappa shape index (κ1) is 14.3. The first-order chi connectivity index (χ1) is 8.90. The molecule has 1 aromatic rings. The summed E-state index contributed by atoms with van der Waals surface area (Å²) in [6.45, 7) is 3.50. The van der Waals surface area contributed by atoms with Gasteiger partial charge in [-0.15, -0.1) is 0 Å². The molecule has 1 aromatic carbocycles. The Kier molecular flexibility index (Phi) is 4.16. The van der Waals surface area contributed by atoms with Crippen LogP contribution < -0.4 is 5.73 Å². The van der Waals surface area contributed by atoms with E-state index in [2.05, 4.69) is 34.9 Å². The average Bonchev–Trinajstić information content (AvgIpc) is 2.82. The van der Waals surface area contributed by atoms with Crippen LogP contribution in [0.1, 0.15) is 22.3 Å². The van der Waals surface area contributed by atoms with E-state index in [0.717, 1.165) is 29.5 Å². The predicted octanol–water partition coefficient (Wildman–Crippen LogP) is 2.12. The Labute approximate surface area is 122 Å². The van der Waals surface area contributed by atoms with Crippen LogP contribution in [-0.4, -0.2) is 48.9 Å². The summed E-state index contributed by atoms with van der Waals surface area (Å²) in [6, 6.07) is 4.14. The fourth-order valence-corrected chi connectivity index (χ4v) is 2.92. The molecule has 1 saturated heterocycles. The molecule has 0 saturated carbocycles. The maximum Gasteiger partial charge on any atom is 0.254 e. The Bertz CT molecular complexity index is 502. The number of hydrogen-bond donors (Lipinski definition) is 1. The Morgan fingerprint density at radius 2 is 2.16 bits per heavy atom. The number of carbonyl (C=O) groups is 1. The Morgan fingerprint density at radius 1 is 1.47 bits per heavy atom. The van der Waals surface area contributed by atoms with E-state index in [1.165, 1.54) is 0 Å². The zero-order chi connectivity index (χ0) is 14.2. The van der Waals surface area contributed by atoms with Crippen molar-refractivity contribution in [3.05, 3.63) is 27.7 Å². The highest BCUT2D eigenvalue weighted by atomic mass is 79.9. The number of halogens is 1. The summed E-state index contributed by atoms with van der Waals surface area (Å²) < 4.78 is 0.849. The molecule has 1 amide bonds. The van der Waals surface area contributed by atoms with Gasteiger partial charge in [0.15, 0.2) is 0 Å². The van der Waals surface area contributed by atoms with Gasteiger partial charge >= 0.3 is 0 Å².